The van der Waals surface area contributed by atoms with Crippen LogP contribution in [0.5, 0.6) is 11.5 Å². The second-order valence-electron chi connectivity index (χ2n) is 7.91. The third kappa shape index (κ3) is 5.12. The number of rotatable bonds is 9. The Morgan fingerprint density at radius 2 is 1.76 bits per heavy atom. The maximum Gasteiger partial charge on any atom is 0.258 e. The van der Waals surface area contributed by atoms with Gasteiger partial charge in [0.2, 0.25) is 5.91 Å². The predicted octanol–water partition coefficient (Wildman–Crippen LogP) is 3.85. The van der Waals surface area contributed by atoms with E-state index in [1.54, 1.807) is 32.1 Å². The summed E-state index contributed by atoms with van der Waals surface area (Å²) in [5.74, 6) is 0.926. The van der Waals surface area contributed by atoms with E-state index in [4.69, 9.17) is 9.47 Å². The number of carbonyl (C=O) groups is 2. The fourth-order valence-corrected chi connectivity index (χ4v) is 3.80. The number of benzene rings is 2. The highest BCUT2D eigenvalue weighted by Gasteiger charge is 2.29. The third-order valence-corrected chi connectivity index (χ3v) is 5.73. The van der Waals surface area contributed by atoms with Crippen LogP contribution < -0.4 is 30.3 Å². The highest BCUT2D eigenvalue weighted by atomic mass is 16.5. The minimum atomic E-state index is -0.176. The van der Waals surface area contributed by atoms with Gasteiger partial charge in [-0.25, -0.2) is 0 Å². The van der Waals surface area contributed by atoms with Crippen molar-refractivity contribution in [2.75, 3.05) is 43.3 Å². The lowest BCUT2D eigenvalue weighted by Gasteiger charge is -2.25. The SMILES string of the molecule is CCC(Nc1ccc(N(CC(C)NC)C(C)=O)cc1)=C1C(=O)Nc2cc(OC)c(OC)cc21. The first-order chi connectivity index (χ1) is 15.8. The van der Waals surface area contributed by atoms with Crippen molar-refractivity contribution < 1.29 is 19.1 Å². The summed E-state index contributed by atoms with van der Waals surface area (Å²) >= 11 is 0. The minimum absolute atomic E-state index is 0.0159. The fourth-order valence-electron chi connectivity index (χ4n) is 3.80. The molecule has 2 aromatic carbocycles. The van der Waals surface area contributed by atoms with Gasteiger partial charge in [-0.3, -0.25) is 9.59 Å². The van der Waals surface area contributed by atoms with E-state index in [9.17, 15) is 9.59 Å². The summed E-state index contributed by atoms with van der Waals surface area (Å²) in [7, 11) is 5.01. The van der Waals surface area contributed by atoms with E-state index in [1.165, 1.54) is 0 Å². The van der Waals surface area contributed by atoms with Gasteiger partial charge in [-0.05, 0) is 50.7 Å². The first-order valence-corrected chi connectivity index (χ1v) is 11.0. The second kappa shape index (κ2) is 10.4. The lowest BCUT2D eigenvalue weighted by Crippen LogP contribution is -2.40. The number of fused-ring (bicyclic) bond motifs is 1. The van der Waals surface area contributed by atoms with Crippen molar-refractivity contribution in [2.24, 2.45) is 0 Å². The molecule has 1 atom stereocenters. The van der Waals surface area contributed by atoms with E-state index in [0.717, 1.165) is 22.6 Å². The molecule has 3 N–H and O–H groups in total. The fraction of sp³-hybridized carbons (Fsp3) is 0.360. The van der Waals surface area contributed by atoms with Gasteiger partial charge >= 0.3 is 0 Å². The molecule has 0 saturated carbocycles. The van der Waals surface area contributed by atoms with E-state index >= 15 is 0 Å². The van der Waals surface area contributed by atoms with Crippen LogP contribution in [0.15, 0.2) is 42.1 Å². The molecule has 1 aliphatic heterocycles. The largest absolute Gasteiger partial charge is 0.493 e. The number of methoxy groups -OCH3 is 2. The normalized spacial score (nSPS) is 14.8. The molecule has 1 unspecified atom stereocenters. The van der Waals surface area contributed by atoms with Crippen molar-refractivity contribution >= 4 is 34.4 Å². The van der Waals surface area contributed by atoms with Gasteiger partial charge in [0.15, 0.2) is 11.5 Å². The molecule has 1 aliphatic rings. The van der Waals surface area contributed by atoms with Crippen LogP contribution in [0.3, 0.4) is 0 Å². The molecule has 8 nitrogen and oxygen atoms in total. The molecule has 0 aliphatic carbocycles. The van der Waals surface area contributed by atoms with Crippen molar-refractivity contribution in [3.8, 4) is 11.5 Å². The number of hydrogen-bond donors (Lipinski definition) is 3. The van der Waals surface area contributed by atoms with Gasteiger partial charge < -0.3 is 30.3 Å². The van der Waals surface area contributed by atoms with Crippen molar-refractivity contribution in [3.63, 3.8) is 0 Å². The third-order valence-electron chi connectivity index (χ3n) is 5.73. The van der Waals surface area contributed by atoms with Gasteiger partial charge in [0, 0.05) is 48.2 Å². The number of nitrogens with one attached hydrogen (secondary N) is 3. The molecule has 33 heavy (non-hydrogen) atoms. The smallest absolute Gasteiger partial charge is 0.258 e. The topological polar surface area (TPSA) is 91.9 Å². The Kier molecular flexibility index (Phi) is 7.60. The monoisotopic (exact) mass is 452 g/mol. The van der Waals surface area contributed by atoms with Gasteiger partial charge in [-0.1, -0.05) is 6.92 Å². The van der Waals surface area contributed by atoms with Crippen LogP contribution in [0.2, 0.25) is 0 Å². The maximum absolute atomic E-state index is 12.8. The number of ether oxygens (including phenoxy) is 2. The second-order valence-corrected chi connectivity index (χ2v) is 7.91. The standard InChI is InChI=1S/C25H32N4O4/c1-7-20(24-19-12-22(32-5)23(33-6)13-21(19)28-25(24)31)27-17-8-10-18(11-9-17)29(16(3)30)14-15(2)26-4/h8-13,15,26-27H,7,14H2,1-6H3,(H,28,31). The first-order valence-electron chi connectivity index (χ1n) is 11.0. The van der Waals surface area contributed by atoms with E-state index in [1.807, 2.05) is 51.2 Å². The zero-order valence-electron chi connectivity index (χ0n) is 20.0. The van der Waals surface area contributed by atoms with Crippen LogP contribution in [-0.2, 0) is 9.59 Å². The maximum atomic E-state index is 12.8. The highest BCUT2D eigenvalue weighted by Crippen LogP contribution is 2.42. The molecule has 0 radical (unpaired) electrons. The number of hydrogen-bond acceptors (Lipinski definition) is 6. The Morgan fingerprint density at radius 3 is 2.30 bits per heavy atom. The summed E-state index contributed by atoms with van der Waals surface area (Å²) in [6.45, 7) is 6.16. The Bertz CT molecular complexity index is 1060. The Labute approximate surface area is 194 Å². The number of carbonyl (C=O) groups excluding carboxylic acids is 2. The lowest BCUT2D eigenvalue weighted by molar-refractivity contribution is -0.116. The average Bonchev–Trinajstić information content (AvgIpc) is 3.14. The molecule has 2 aromatic rings. The Hall–Kier alpha value is -3.52. The summed E-state index contributed by atoms with van der Waals surface area (Å²) in [5, 5.41) is 9.46. The molecular formula is C25H32N4O4. The lowest BCUT2D eigenvalue weighted by atomic mass is 10.0. The molecule has 2 amide bonds. The number of likely N-dealkylation sites (N-methyl/N-ethyl adjacent to an activating group) is 1. The number of anilines is 3. The molecule has 0 bridgehead atoms. The molecule has 0 aromatic heterocycles. The summed E-state index contributed by atoms with van der Waals surface area (Å²) < 4.78 is 10.8. The molecule has 176 valence electrons. The van der Waals surface area contributed by atoms with Crippen LogP contribution in [0.4, 0.5) is 17.1 Å². The van der Waals surface area contributed by atoms with E-state index in [0.29, 0.717) is 35.7 Å². The van der Waals surface area contributed by atoms with Gasteiger partial charge in [-0.2, -0.15) is 0 Å². The Morgan fingerprint density at radius 1 is 1.12 bits per heavy atom. The van der Waals surface area contributed by atoms with Gasteiger partial charge in [0.1, 0.15) is 0 Å². The molecule has 1 heterocycles. The minimum Gasteiger partial charge on any atom is -0.493 e. The molecule has 0 saturated heterocycles. The van der Waals surface area contributed by atoms with E-state index in [2.05, 4.69) is 16.0 Å². The zero-order valence-corrected chi connectivity index (χ0v) is 20.0. The highest BCUT2D eigenvalue weighted by molar-refractivity contribution is 6.32. The summed E-state index contributed by atoms with van der Waals surface area (Å²) in [4.78, 5) is 26.7. The number of nitrogens with zero attached hydrogens (tertiary/aromatic N) is 1. The summed E-state index contributed by atoms with van der Waals surface area (Å²) in [5.41, 5.74) is 4.47. The van der Waals surface area contributed by atoms with E-state index in [-0.39, 0.29) is 17.9 Å². The molecule has 8 heteroatoms. The molecular weight excluding hydrogens is 420 g/mol. The van der Waals surface area contributed by atoms with Crippen molar-refractivity contribution in [1.29, 1.82) is 0 Å². The van der Waals surface area contributed by atoms with Gasteiger partial charge in [0.05, 0.1) is 25.5 Å². The molecule has 0 spiro atoms. The molecule has 0 fully saturated rings. The van der Waals surface area contributed by atoms with E-state index < -0.39 is 0 Å². The average molecular weight is 453 g/mol. The number of amides is 2. The van der Waals surface area contributed by atoms with Crippen molar-refractivity contribution in [2.45, 2.75) is 33.2 Å². The molecule has 3 rings (SSSR count). The van der Waals surface area contributed by atoms with Crippen molar-refractivity contribution in [1.82, 2.24) is 5.32 Å². The van der Waals surface area contributed by atoms with Gasteiger partial charge in [-0.15, -0.1) is 0 Å². The van der Waals surface area contributed by atoms with Crippen LogP contribution >= 0.6 is 0 Å². The number of allylic oxidation sites excluding steroid dienone is 1. The Balaban J connectivity index is 1.91. The van der Waals surface area contributed by atoms with Crippen LogP contribution in [-0.4, -0.2) is 45.7 Å². The van der Waals surface area contributed by atoms with Gasteiger partial charge in [0.25, 0.3) is 5.91 Å². The predicted molar refractivity (Wildman–Crippen MR) is 132 cm³/mol. The summed E-state index contributed by atoms with van der Waals surface area (Å²) in [6.07, 6.45) is 0.623. The quantitative estimate of drug-likeness (QED) is 0.501. The van der Waals surface area contributed by atoms with Crippen LogP contribution in [0, 0.1) is 0 Å². The first kappa shape index (κ1) is 24.1. The van der Waals surface area contributed by atoms with Crippen LogP contribution in [0.1, 0.15) is 32.8 Å². The van der Waals surface area contributed by atoms with Crippen molar-refractivity contribution in [3.05, 3.63) is 47.7 Å². The summed E-state index contributed by atoms with van der Waals surface area (Å²) in [6, 6.07) is 11.4. The van der Waals surface area contributed by atoms with Crippen LogP contribution in [0.25, 0.3) is 5.57 Å². The zero-order chi connectivity index (χ0) is 24.1.